The Morgan fingerprint density at radius 2 is 2.33 bits per heavy atom. The van der Waals surface area contributed by atoms with Gasteiger partial charge in [0.15, 0.2) is 0 Å². The molecule has 1 rings (SSSR count). The van der Waals surface area contributed by atoms with Crippen molar-refractivity contribution in [3.8, 4) is 6.07 Å². The number of nitrogens with zero attached hydrogens (tertiary/aromatic N) is 2. The number of hydrogen-bond donors (Lipinski definition) is 1. The molecule has 0 unspecified atom stereocenters. The summed E-state index contributed by atoms with van der Waals surface area (Å²) in [4.78, 5) is 15.4. The fourth-order valence-corrected chi connectivity index (χ4v) is 1.85. The zero-order chi connectivity index (χ0) is 11.5. The summed E-state index contributed by atoms with van der Waals surface area (Å²) < 4.78 is -0.964. The van der Waals surface area contributed by atoms with Gasteiger partial charge in [0.1, 0.15) is 10.8 Å². The van der Waals surface area contributed by atoms with E-state index in [1.54, 1.807) is 19.9 Å². The Labute approximate surface area is 91.9 Å². The third-order valence-corrected chi connectivity index (χ3v) is 3.02. The van der Waals surface area contributed by atoms with Crippen LogP contribution in [0.1, 0.15) is 19.4 Å². The lowest BCUT2D eigenvalue weighted by atomic mass is 10.2. The molecule has 0 spiro atoms. The van der Waals surface area contributed by atoms with Gasteiger partial charge in [-0.3, -0.25) is 9.78 Å². The maximum Gasteiger partial charge on any atom is 0.319 e. The highest BCUT2D eigenvalue weighted by Crippen LogP contribution is 2.33. The summed E-state index contributed by atoms with van der Waals surface area (Å²) in [5.41, 5.74) is 0.448. The van der Waals surface area contributed by atoms with Crippen LogP contribution in [0.3, 0.4) is 0 Å². The van der Waals surface area contributed by atoms with Crippen molar-refractivity contribution in [2.24, 2.45) is 0 Å². The minimum absolute atomic E-state index is 0.448. The average molecular weight is 222 g/mol. The molecule has 15 heavy (non-hydrogen) atoms. The van der Waals surface area contributed by atoms with Crippen LogP contribution in [0.25, 0.3) is 0 Å². The van der Waals surface area contributed by atoms with Crippen LogP contribution in [0.5, 0.6) is 0 Å². The van der Waals surface area contributed by atoms with Crippen molar-refractivity contribution >= 4 is 17.7 Å². The highest BCUT2D eigenvalue weighted by Gasteiger charge is 2.29. The molecular weight excluding hydrogens is 212 g/mol. The third-order valence-electron chi connectivity index (χ3n) is 1.79. The van der Waals surface area contributed by atoms with Crippen molar-refractivity contribution < 1.29 is 9.90 Å². The predicted molar refractivity (Wildman–Crippen MR) is 56.5 cm³/mol. The first-order valence-electron chi connectivity index (χ1n) is 4.24. The molecule has 0 saturated carbocycles. The molecule has 0 fully saturated rings. The summed E-state index contributed by atoms with van der Waals surface area (Å²) >= 11 is 1.12. The van der Waals surface area contributed by atoms with E-state index >= 15 is 0 Å². The van der Waals surface area contributed by atoms with Crippen molar-refractivity contribution in [1.82, 2.24) is 4.98 Å². The van der Waals surface area contributed by atoms with Gasteiger partial charge in [-0.1, -0.05) is 0 Å². The van der Waals surface area contributed by atoms with Gasteiger partial charge < -0.3 is 5.11 Å². The van der Waals surface area contributed by atoms with Gasteiger partial charge in [-0.2, -0.15) is 5.26 Å². The molecule has 1 aromatic heterocycles. The Hall–Kier alpha value is -1.54. The lowest BCUT2D eigenvalue weighted by molar-refractivity contribution is -0.138. The Morgan fingerprint density at radius 1 is 1.67 bits per heavy atom. The summed E-state index contributed by atoms with van der Waals surface area (Å²) in [5.74, 6) is -0.916. The predicted octanol–water partition coefficient (Wildman–Crippen LogP) is 1.91. The number of nitriles is 1. The van der Waals surface area contributed by atoms with Crippen LogP contribution < -0.4 is 0 Å². The molecule has 0 aromatic carbocycles. The number of carboxylic acids is 1. The Morgan fingerprint density at radius 3 is 2.87 bits per heavy atom. The highest BCUT2D eigenvalue weighted by molar-refractivity contribution is 8.01. The van der Waals surface area contributed by atoms with Crippen LogP contribution in [0, 0.1) is 11.3 Å². The van der Waals surface area contributed by atoms with E-state index in [-0.39, 0.29) is 0 Å². The zero-order valence-electron chi connectivity index (χ0n) is 8.39. The van der Waals surface area contributed by atoms with Gasteiger partial charge in [0.25, 0.3) is 0 Å². The van der Waals surface area contributed by atoms with Crippen molar-refractivity contribution in [1.29, 1.82) is 5.26 Å². The first-order chi connectivity index (χ1) is 6.97. The maximum atomic E-state index is 10.9. The first-order valence-corrected chi connectivity index (χ1v) is 5.05. The van der Waals surface area contributed by atoms with Crippen LogP contribution in [0.2, 0.25) is 0 Å². The van der Waals surface area contributed by atoms with Crippen LogP contribution >= 0.6 is 11.8 Å². The van der Waals surface area contributed by atoms with Crippen LogP contribution in [0.15, 0.2) is 23.4 Å². The molecule has 5 heteroatoms. The van der Waals surface area contributed by atoms with E-state index in [1.807, 2.05) is 6.07 Å². The van der Waals surface area contributed by atoms with Gasteiger partial charge in [-0.05, 0) is 19.9 Å². The Kier molecular flexibility index (Phi) is 3.32. The molecule has 1 heterocycles. The average Bonchev–Trinajstić information content (AvgIpc) is 2.18. The number of pyridine rings is 1. The van der Waals surface area contributed by atoms with Gasteiger partial charge >= 0.3 is 5.97 Å². The van der Waals surface area contributed by atoms with Gasteiger partial charge in [0.2, 0.25) is 0 Å². The molecule has 0 amide bonds. The van der Waals surface area contributed by atoms with Gasteiger partial charge in [-0.25, -0.2) is 0 Å². The lowest BCUT2D eigenvalue weighted by Gasteiger charge is -2.18. The largest absolute Gasteiger partial charge is 0.480 e. The monoisotopic (exact) mass is 222 g/mol. The molecule has 0 saturated heterocycles. The third kappa shape index (κ3) is 2.70. The van der Waals surface area contributed by atoms with Crippen LogP contribution in [-0.4, -0.2) is 20.8 Å². The molecule has 0 radical (unpaired) electrons. The second-order valence-electron chi connectivity index (χ2n) is 3.40. The Bertz CT molecular complexity index is 424. The fourth-order valence-electron chi connectivity index (χ4n) is 0.872. The van der Waals surface area contributed by atoms with Gasteiger partial charge in [-0.15, -0.1) is 11.8 Å². The molecule has 0 aliphatic rings. The maximum absolute atomic E-state index is 10.9. The molecule has 0 bridgehead atoms. The van der Waals surface area contributed by atoms with Crippen molar-refractivity contribution in [2.75, 3.05) is 0 Å². The summed E-state index contributed by atoms with van der Waals surface area (Å²) in [7, 11) is 0. The topological polar surface area (TPSA) is 74.0 Å². The van der Waals surface area contributed by atoms with Gasteiger partial charge in [0, 0.05) is 17.3 Å². The number of aliphatic carboxylic acids is 1. The highest BCUT2D eigenvalue weighted by atomic mass is 32.2. The molecule has 1 N–H and O–H groups in total. The molecule has 0 aliphatic heterocycles. The summed E-state index contributed by atoms with van der Waals surface area (Å²) in [6, 6.07) is 3.57. The second-order valence-corrected chi connectivity index (χ2v) is 5.07. The quantitative estimate of drug-likeness (QED) is 0.791. The molecule has 4 nitrogen and oxygen atoms in total. The van der Waals surface area contributed by atoms with Crippen molar-refractivity contribution in [2.45, 2.75) is 23.5 Å². The first kappa shape index (κ1) is 11.5. The molecule has 1 aromatic rings. The standard InChI is InChI=1S/C10H10N2O2S/c1-10(2,9(13)14)15-8-6-12-4-3-7(8)5-11/h3-4,6H,1-2H3,(H,13,14). The SMILES string of the molecule is CC(C)(Sc1cnccc1C#N)C(=O)O. The smallest absolute Gasteiger partial charge is 0.319 e. The van der Waals surface area contributed by atoms with Crippen LogP contribution in [0.4, 0.5) is 0 Å². The number of rotatable bonds is 3. The second kappa shape index (κ2) is 4.32. The summed E-state index contributed by atoms with van der Waals surface area (Å²) in [6.45, 7) is 3.18. The number of hydrogen-bond acceptors (Lipinski definition) is 4. The number of thioether (sulfide) groups is 1. The van der Waals surface area contributed by atoms with E-state index in [1.165, 1.54) is 12.4 Å². The minimum atomic E-state index is -0.964. The minimum Gasteiger partial charge on any atom is -0.480 e. The van der Waals surface area contributed by atoms with E-state index in [9.17, 15) is 4.79 Å². The van der Waals surface area contributed by atoms with E-state index in [4.69, 9.17) is 10.4 Å². The molecular formula is C10H10N2O2S. The van der Waals surface area contributed by atoms with Crippen molar-refractivity contribution in [3.05, 3.63) is 24.0 Å². The van der Waals surface area contributed by atoms with E-state index in [0.717, 1.165) is 11.8 Å². The number of carbonyl (C=O) groups is 1. The summed E-state index contributed by atoms with van der Waals surface area (Å²) in [5, 5.41) is 17.8. The van der Waals surface area contributed by atoms with Crippen LogP contribution in [-0.2, 0) is 4.79 Å². The van der Waals surface area contributed by atoms with Crippen molar-refractivity contribution in [3.63, 3.8) is 0 Å². The normalized spacial score (nSPS) is 10.7. The Balaban J connectivity index is 3.00. The molecule has 0 atom stereocenters. The number of aromatic nitrogens is 1. The fraction of sp³-hybridized carbons (Fsp3) is 0.300. The van der Waals surface area contributed by atoms with E-state index in [2.05, 4.69) is 4.98 Å². The number of carboxylic acid groups (broad SMARTS) is 1. The molecule has 78 valence electrons. The lowest BCUT2D eigenvalue weighted by Crippen LogP contribution is -2.27. The van der Waals surface area contributed by atoms with Gasteiger partial charge in [0.05, 0.1) is 5.56 Å². The van der Waals surface area contributed by atoms with E-state index < -0.39 is 10.7 Å². The summed E-state index contributed by atoms with van der Waals surface area (Å²) in [6.07, 6.45) is 3.02. The zero-order valence-corrected chi connectivity index (χ0v) is 9.21. The van der Waals surface area contributed by atoms with E-state index in [0.29, 0.717) is 10.5 Å². The molecule has 0 aliphatic carbocycles.